The molecule has 2 aromatic heterocycles. The van der Waals surface area contributed by atoms with Crippen LogP contribution in [0.2, 0.25) is 0 Å². The van der Waals surface area contributed by atoms with Gasteiger partial charge in [0.2, 0.25) is 0 Å². The number of thiazole rings is 1. The summed E-state index contributed by atoms with van der Waals surface area (Å²) in [5.41, 5.74) is 1.52. The van der Waals surface area contributed by atoms with Gasteiger partial charge in [-0.15, -0.1) is 11.3 Å². The third-order valence-electron chi connectivity index (χ3n) is 2.38. The molecule has 0 aromatic carbocycles. The van der Waals surface area contributed by atoms with Crippen LogP contribution in [0.1, 0.15) is 26.1 Å². The highest BCUT2D eigenvalue weighted by Crippen LogP contribution is 2.17. The summed E-state index contributed by atoms with van der Waals surface area (Å²) in [4.78, 5) is 17.4. The van der Waals surface area contributed by atoms with Gasteiger partial charge in [-0.1, -0.05) is 0 Å². The Morgan fingerprint density at radius 2 is 2.25 bits per heavy atom. The van der Waals surface area contributed by atoms with Crippen molar-refractivity contribution in [2.24, 2.45) is 7.05 Å². The molecule has 5 heteroatoms. The minimum atomic E-state index is 0.0225. The maximum absolute atomic E-state index is 11.8. The molecule has 0 aliphatic heterocycles. The Hall–Kier alpha value is -1.49. The van der Waals surface area contributed by atoms with Gasteiger partial charge >= 0.3 is 0 Å². The highest BCUT2D eigenvalue weighted by atomic mass is 32.1. The summed E-state index contributed by atoms with van der Waals surface area (Å²) in [7, 11) is 1.80. The molecule has 0 atom stereocenters. The Labute approximate surface area is 97.9 Å². The molecule has 0 bridgehead atoms. The maximum Gasteiger partial charge on any atom is 0.189 e. The maximum atomic E-state index is 11.8. The van der Waals surface area contributed by atoms with E-state index in [0.717, 1.165) is 10.7 Å². The number of rotatable bonds is 3. The zero-order valence-electron chi connectivity index (χ0n) is 9.52. The number of carbonyl (C=O) groups is 1. The zero-order valence-corrected chi connectivity index (χ0v) is 10.3. The first kappa shape index (κ1) is 11.0. The van der Waals surface area contributed by atoms with Crippen LogP contribution in [-0.2, 0) is 13.5 Å². The van der Waals surface area contributed by atoms with Crippen molar-refractivity contribution in [1.29, 1.82) is 0 Å². The third kappa shape index (κ3) is 2.19. The molecule has 84 valence electrons. The second-order valence-corrected chi connectivity index (χ2v) is 5.01. The molecule has 0 aliphatic rings. The number of ketones is 1. The molecule has 2 heterocycles. The van der Waals surface area contributed by atoms with Crippen molar-refractivity contribution < 1.29 is 4.79 Å². The second kappa shape index (κ2) is 4.17. The molecule has 0 saturated carbocycles. The van der Waals surface area contributed by atoms with Crippen molar-refractivity contribution in [2.45, 2.75) is 20.3 Å². The van der Waals surface area contributed by atoms with Gasteiger partial charge in [0.15, 0.2) is 5.78 Å². The quantitative estimate of drug-likeness (QED) is 0.764. The first-order chi connectivity index (χ1) is 7.56. The molecular weight excluding hydrogens is 222 g/mol. The van der Waals surface area contributed by atoms with Crippen LogP contribution >= 0.6 is 11.3 Å². The topological polar surface area (TPSA) is 47.8 Å². The number of Topliss-reactive ketones (excluding diaryl/α,β-unsaturated/α-hetero) is 1. The fraction of sp³-hybridized carbons (Fsp3) is 0.364. The highest BCUT2D eigenvalue weighted by molar-refractivity contribution is 7.11. The molecule has 0 saturated heterocycles. The largest absolute Gasteiger partial charge is 0.292 e. The first-order valence-corrected chi connectivity index (χ1v) is 5.83. The van der Waals surface area contributed by atoms with E-state index in [9.17, 15) is 4.79 Å². The van der Waals surface area contributed by atoms with Crippen LogP contribution in [0.15, 0.2) is 12.3 Å². The van der Waals surface area contributed by atoms with Crippen molar-refractivity contribution in [1.82, 2.24) is 14.8 Å². The molecule has 2 rings (SSSR count). The predicted octanol–water partition coefficient (Wildman–Crippen LogP) is 1.92. The fourth-order valence-electron chi connectivity index (χ4n) is 1.41. The molecule has 0 spiro atoms. The molecule has 0 unspecified atom stereocenters. The van der Waals surface area contributed by atoms with Crippen molar-refractivity contribution in [2.75, 3.05) is 0 Å². The summed E-state index contributed by atoms with van der Waals surface area (Å²) >= 11 is 1.58. The fourth-order valence-corrected chi connectivity index (χ4v) is 2.34. The number of hydrogen-bond donors (Lipinski definition) is 0. The van der Waals surface area contributed by atoms with Gasteiger partial charge in [0, 0.05) is 18.1 Å². The number of aryl methyl sites for hydroxylation is 3. The minimum Gasteiger partial charge on any atom is -0.292 e. The lowest BCUT2D eigenvalue weighted by atomic mass is 10.2. The van der Waals surface area contributed by atoms with E-state index >= 15 is 0 Å². The third-order valence-corrected chi connectivity index (χ3v) is 3.46. The van der Waals surface area contributed by atoms with Crippen LogP contribution in [0.5, 0.6) is 0 Å². The number of nitrogens with zero attached hydrogens (tertiary/aromatic N) is 3. The Kier molecular flexibility index (Phi) is 2.87. The Bertz CT molecular complexity index is 508. The summed E-state index contributed by atoms with van der Waals surface area (Å²) in [5, 5.41) is 4.95. The average molecular weight is 235 g/mol. The van der Waals surface area contributed by atoms with Crippen LogP contribution in [-0.4, -0.2) is 20.5 Å². The standard InChI is InChI=1S/C11H13N3OS/c1-7-8(2)16-11(12-7)6-10(15)9-4-5-14(3)13-9/h4-5H,6H2,1-3H3. The van der Waals surface area contributed by atoms with Gasteiger partial charge in [-0.3, -0.25) is 9.48 Å². The van der Waals surface area contributed by atoms with Gasteiger partial charge in [0.05, 0.1) is 12.1 Å². The summed E-state index contributed by atoms with van der Waals surface area (Å²) in [5.74, 6) is 0.0225. The summed E-state index contributed by atoms with van der Waals surface area (Å²) in [6, 6.07) is 1.73. The molecule has 0 amide bonds. The monoisotopic (exact) mass is 235 g/mol. The van der Waals surface area contributed by atoms with E-state index in [4.69, 9.17) is 0 Å². The van der Waals surface area contributed by atoms with Gasteiger partial charge in [-0.25, -0.2) is 4.98 Å². The molecule has 2 aromatic rings. The Morgan fingerprint density at radius 1 is 1.50 bits per heavy atom. The van der Waals surface area contributed by atoms with Gasteiger partial charge in [-0.05, 0) is 19.9 Å². The Balaban J connectivity index is 2.13. The van der Waals surface area contributed by atoms with Crippen molar-refractivity contribution in [3.8, 4) is 0 Å². The normalized spacial score (nSPS) is 10.7. The average Bonchev–Trinajstić information content (AvgIpc) is 2.75. The van der Waals surface area contributed by atoms with Crippen LogP contribution in [0.3, 0.4) is 0 Å². The summed E-state index contributed by atoms with van der Waals surface area (Å²) < 4.78 is 1.63. The van der Waals surface area contributed by atoms with Crippen LogP contribution in [0.4, 0.5) is 0 Å². The smallest absolute Gasteiger partial charge is 0.189 e. The van der Waals surface area contributed by atoms with E-state index in [1.165, 1.54) is 4.88 Å². The van der Waals surface area contributed by atoms with Crippen LogP contribution < -0.4 is 0 Å². The van der Waals surface area contributed by atoms with Gasteiger partial charge in [0.25, 0.3) is 0 Å². The molecule has 0 aliphatic carbocycles. The van der Waals surface area contributed by atoms with Crippen molar-refractivity contribution >= 4 is 17.1 Å². The molecule has 0 N–H and O–H groups in total. The predicted molar refractivity (Wildman–Crippen MR) is 62.8 cm³/mol. The number of carbonyl (C=O) groups excluding carboxylic acids is 1. The minimum absolute atomic E-state index is 0.0225. The van der Waals surface area contributed by atoms with E-state index < -0.39 is 0 Å². The van der Waals surface area contributed by atoms with Crippen molar-refractivity contribution in [3.05, 3.63) is 33.5 Å². The molecular formula is C11H13N3OS. The lowest BCUT2D eigenvalue weighted by molar-refractivity contribution is 0.0987. The molecule has 0 radical (unpaired) electrons. The highest BCUT2D eigenvalue weighted by Gasteiger charge is 2.13. The lowest BCUT2D eigenvalue weighted by Gasteiger charge is -1.92. The summed E-state index contributed by atoms with van der Waals surface area (Å²) in [6.07, 6.45) is 2.11. The Morgan fingerprint density at radius 3 is 2.75 bits per heavy atom. The second-order valence-electron chi connectivity index (χ2n) is 3.72. The summed E-state index contributed by atoms with van der Waals surface area (Å²) in [6.45, 7) is 3.97. The van der Waals surface area contributed by atoms with Gasteiger partial charge in [0.1, 0.15) is 10.7 Å². The van der Waals surface area contributed by atoms with E-state index in [2.05, 4.69) is 10.1 Å². The van der Waals surface area contributed by atoms with E-state index in [-0.39, 0.29) is 5.78 Å². The molecule has 0 fully saturated rings. The number of hydrogen-bond acceptors (Lipinski definition) is 4. The first-order valence-electron chi connectivity index (χ1n) is 5.02. The number of aromatic nitrogens is 3. The van der Waals surface area contributed by atoms with E-state index in [0.29, 0.717) is 12.1 Å². The lowest BCUT2D eigenvalue weighted by Crippen LogP contribution is -2.05. The molecule has 4 nitrogen and oxygen atoms in total. The van der Waals surface area contributed by atoms with Crippen molar-refractivity contribution in [3.63, 3.8) is 0 Å². The van der Waals surface area contributed by atoms with E-state index in [1.807, 2.05) is 13.8 Å². The van der Waals surface area contributed by atoms with Crippen LogP contribution in [0.25, 0.3) is 0 Å². The zero-order chi connectivity index (χ0) is 11.7. The van der Waals surface area contributed by atoms with Crippen LogP contribution in [0, 0.1) is 13.8 Å². The van der Waals surface area contributed by atoms with Gasteiger partial charge < -0.3 is 0 Å². The van der Waals surface area contributed by atoms with Gasteiger partial charge in [-0.2, -0.15) is 5.10 Å². The molecule has 16 heavy (non-hydrogen) atoms. The SMILES string of the molecule is Cc1nc(CC(=O)c2ccn(C)n2)sc1C. The van der Waals surface area contributed by atoms with E-state index in [1.54, 1.807) is 35.3 Å².